The highest BCUT2D eigenvalue weighted by Crippen LogP contribution is 2.20. The summed E-state index contributed by atoms with van der Waals surface area (Å²) in [5.74, 6) is -1.14. The van der Waals surface area contributed by atoms with Gasteiger partial charge in [0.2, 0.25) is 0 Å². The van der Waals surface area contributed by atoms with E-state index in [2.05, 4.69) is 10.4 Å². The lowest BCUT2D eigenvalue weighted by Crippen LogP contribution is -2.39. The van der Waals surface area contributed by atoms with Gasteiger partial charge in [-0.1, -0.05) is 32.0 Å². The molecule has 1 aromatic carbocycles. The van der Waals surface area contributed by atoms with E-state index in [0.717, 1.165) is 11.4 Å². The van der Waals surface area contributed by atoms with E-state index in [1.54, 1.807) is 24.6 Å². The maximum absolute atomic E-state index is 12.4. The molecule has 0 saturated carbocycles. The van der Waals surface area contributed by atoms with E-state index < -0.39 is 11.4 Å². The molecule has 2 aromatic rings. The minimum absolute atomic E-state index is 0.0381. The molecule has 0 bridgehead atoms. The first kappa shape index (κ1) is 17.7. The third-order valence-corrected chi connectivity index (χ3v) is 3.83. The molecule has 0 atom stereocenters. The van der Waals surface area contributed by atoms with Crippen LogP contribution >= 0.6 is 0 Å². The van der Waals surface area contributed by atoms with Gasteiger partial charge in [-0.2, -0.15) is 5.10 Å². The minimum atomic E-state index is -1.03. The van der Waals surface area contributed by atoms with Gasteiger partial charge in [0.25, 0.3) is 5.91 Å². The number of aromatic nitrogens is 2. The molecule has 128 valence electrons. The summed E-state index contributed by atoms with van der Waals surface area (Å²) in [5, 5.41) is 16.2. The van der Waals surface area contributed by atoms with Crippen LogP contribution in [0.4, 0.5) is 0 Å². The molecule has 0 radical (unpaired) electrons. The zero-order chi connectivity index (χ0) is 17.9. The van der Waals surface area contributed by atoms with E-state index in [1.165, 1.54) is 0 Å². The molecular weight excluding hydrogens is 306 g/mol. The average Bonchev–Trinajstić information content (AvgIpc) is 2.99. The average molecular weight is 329 g/mol. The van der Waals surface area contributed by atoms with Gasteiger partial charge in [-0.15, -0.1) is 0 Å². The number of amides is 1. The van der Waals surface area contributed by atoms with Crippen LogP contribution in [-0.4, -0.2) is 33.3 Å². The molecule has 0 aliphatic carbocycles. The number of benzene rings is 1. The number of rotatable bonds is 6. The topological polar surface area (TPSA) is 84.2 Å². The van der Waals surface area contributed by atoms with E-state index in [-0.39, 0.29) is 24.1 Å². The van der Waals surface area contributed by atoms with Gasteiger partial charge in [-0.05, 0) is 38.0 Å². The first-order valence-electron chi connectivity index (χ1n) is 7.89. The van der Waals surface area contributed by atoms with Gasteiger partial charge < -0.3 is 10.4 Å². The van der Waals surface area contributed by atoms with Crippen LogP contribution in [0.25, 0.3) is 5.69 Å². The number of nitrogens with one attached hydrogen (secondary N) is 1. The normalized spacial score (nSPS) is 11.5. The molecule has 0 spiro atoms. The molecule has 1 amide bonds. The second-order valence-corrected chi connectivity index (χ2v) is 6.73. The third kappa shape index (κ3) is 3.82. The Morgan fingerprint density at radius 3 is 2.42 bits per heavy atom. The van der Waals surface area contributed by atoms with Crippen molar-refractivity contribution in [3.63, 3.8) is 0 Å². The fraction of sp³-hybridized carbons (Fsp3) is 0.389. The van der Waals surface area contributed by atoms with Crippen molar-refractivity contribution in [1.82, 2.24) is 15.1 Å². The van der Waals surface area contributed by atoms with E-state index in [4.69, 9.17) is 5.11 Å². The molecule has 2 rings (SSSR count). The van der Waals surface area contributed by atoms with Crippen LogP contribution in [0.1, 0.15) is 49.8 Å². The molecular formula is C18H23N3O3. The summed E-state index contributed by atoms with van der Waals surface area (Å²) in [6.45, 7) is 7.24. The second kappa shape index (κ2) is 6.86. The Morgan fingerprint density at radius 2 is 1.88 bits per heavy atom. The summed E-state index contributed by atoms with van der Waals surface area (Å²) in [4.78, 5) is 23.5. The summed E-state index contributed by atoms with van der Waals surface area (Å²) in [7, 11) is 0. The Balaban J connectivity index is 2.26. The van der Waals surface area contributed by atoms with Crippen molar-refractivity contribution >= 4 is 11.9 Å². The predicted molar refractivity (Wildman–Crippen MR) is 91.4 cm³/mol. The van der Waals surface area contributed by atoms with Crippen LogP contribution in [0.2, 0.25) is 0 Å². The molecule has 0 aliphatic rings. The first-order valence-corrected chi connectivity index (χ1v) is 7.89. The van der Waals surface area contributed by atoms with Crippen molar-refractivity contribution < 1.29 is 14.7 Å². The van der Waals surface area contributed by atoms with E-state index in [0.29, 0.717) is 0 Å². The standard InChI is InChI=1S/C18H23N3O3/c1-12(2)15-10-14(16(22)19-11-18(3,4)17(23)24)20-21(15)13-8-6-5-7-9-13/h5-10,12H,11H2,1-4H3,(H,19,22)(H,23,24). The van der Waals surface area contributed by atoms with E-state index in [1.807, 2.05) is 44.2 Å². The smallest absolute Gasteiger partial charge is 0.310 e. The highest BCUT2D eigenvalue weighted by atomic mass is 16.4. The van der Waals surface area contributed by atoms with Crippen LogP contribution in [0.15, 0.2) is 36.4 Å². The Kier molecular flexibility index (Phi) is 5.07. The zero-order valence-corrected chi connectivity index (χ0v) is 14.4. The van der Waals surface area contributed by atoms with Gasteiger partial charge in [0.05, 0.1) is 11.1 Å². The SMILES string of the molecule is CC(C)c1cc(C(=O)NCC(C)(C)C(=O)O)nn1-c1ccccc1. The molecule has 1 aromatic heterocycles. The Morgan fingerprint density at radius 1 is 1.25 bits per heavy atom. The Bertz CT molecular complexity index is 733. The summed E-state index contributed by atoms with van der Waals surface area (Å²) >= 11 is 0. The molecule has 2 N–H and O–H groups in total. The molecule has 0 saturated heterocycles. The number of carbonyl (C=O) groups excluding carboxylic acids is 1. The van der Waals surface area contributed by atoms with Crippen LogP contribution in [0.5, 0.6) is 0 Å². The van der Waals surface area contributed by atoms with Crippen molar-refractivity contribution in [3.8, 4) is 5.69 Å². The lowest BCUT2D eigenvalue weighted by Gasteiger charge is -2.18. The van der Waals surface area contributed by atoms with Crippen LogP contribution in [0, 0.1) is 5.41 Å². The van der Waals surface area contributed by atoms with Crippen molar-refractivity contribution in [1.29, 1.82) is 0 Å². The summed E-state index contributed by atoms with van der Waals surface area (Å²) < 4.78 is 1.75. The van der Waals surface area contributed by atoms with E-state index in [9.17, 15) is 9.59 Å². The number of para-hydroxylation sites is 1. The number of nitrogens with zero attached hydrogens (tertiary/aromatic N) is 2. The van der Waals surface area contributed by atoms with Gasteiger partial charge in [0, 0.05) is 12.2 Å². The van der Waals surface area contributed by atoms with Crippen molar-refractivity contribution in [2.24, 2.45) is 5.41 Å². The van der Waals surface area contributed by atoms with E-state index >= 15 is 0 Å². The quantitative estimate of drug-likeness (QED) is 0.853. The fourth-order valence-corrected chi connectivity index (χ4v) is 2.16. The highest BCUT2D eigenvalue weighted by Gasteiger charge is 2.28. The molecule has 0 unspecified atom stereocenters. The minimum Gasteiger partial charge on any atom is -0.481 e. The van der Waals surface area contributed by atoms with Crippen LogP contribution in [-0.2, 0) is 4.79 Å². The lowest BCUT2D eigenvalue weighted by molar-refractivity contribution is -0.146. The summed E-state index contributed by atoms with van der Waals surface area (Å²) in [6.07, 6.45) is 0. The summed E-state index contributed by atoms with van der Waals surface area (Å²) in [6, 6.07) is 11.3. The van der Waals surface area contributed by atoms with Crippen molar-refractivity contribution in [2.75, 3.05) is 6.54 Å². The number of hydrogen-bond donors (Lipinski definition) is 2. The van der Waals surface area contributed by atoms with Crippen molar-refractivity contribution in [3.05, 3.63) is 47.8 Å². The van der Waals surface area contributed by atoms with Crippen LogP contribution in [0.3, 0.4) is 0 Å². The molecule has 24 heavy (non-hydrogen) atoms. The Hall–Kier alpha value is -2.63. The maximum atomic E-state index is 12.4. The van der Waals surface area contributed by atoms with Gasteiger partial charge in [-0.3, -0.25) is 9.59 Å². The Labute approximate surface area is 141 Å². The number of carbonyl (C=O) groups is 2. The lowest BCUT2D eigenvalue weighted by atomic mass is 9.94. The van der Waals surface area contributed by atoms with Crippen LogP contribution < -0.4 is 5.32 Å². The highest BCUT2D eigenvalue weighted by molar-refractivity contribution is 5.92. The number of carboxylic acids is 1. The van der Waals surface area contributed by atoms with Gasteiger partial charge in [0.1, 0.15) is 0 Å². The van der Waals surface area contributed by atoms with Gasteiger partial charge >= 0.3 is 5.97 Å². The first-order chi connectivity index (χ1) is 11.2. The molecule has 0 aliphatic heterocycles. The number of carboxylic acid groups (broad SMARTS) is 1. The van der Waals surface area contributed by atoms with Crippen molar-refractivity contribution in [2.45, 2.75) is 33.6 Å². The summed E-state index contributed by atoms with van der Waals surface area (Å²) in [5.41, 5.74) is 1.05. The molecule has 0 fully saturated rings. The van der Waals surface area contributed by atoms with Gasteiger partial charge in [0.15, 0.2) is 5.69 Å². The fourth-order valence-electron chi connectivity index (χ4n) is 2.16. The largest absolute Gasteiger partial charge is 0.481 e. The van der Waals surface area contributed by atoms with Gasteiger partial charge in [-0.25, -0.2) is 4.68 Å². The number of hydrogen-bond acceptors (Lipinski definition) is 3. The molecule has 6 heteroatoms. The number of aliphatic carboxylic acids is 1. The zero-order valence-electron chi connectivity index (χ0n) is 14.4. The third-order valence-electron chi connectivity index (χ3n) is 3.83. The monoisotopic (exact) mass is 329 g/mol. The molecule has 6 nitrogen and oxygen atoms in total. The predicted octanol–water partition coefficient (Wildman–Crippen LogP) is 2.84. The second-order valence-electron chi connectivity index (χ2n) is 6.73. The molecule has 1 heterocycles. The maximum Gasteiger partial charge on any atom is 0.310 e.